The van der Waals surface area contributed by atoms with E-state index >= 15 is 0 Å². The maximum atomic E-state index is 12.8. The molecule has 94 valence electrons. The molecule has 0 spiro atoms. The number of aromatic hydroxyl groups is 1. The molecule has 5 heteroatoms. The largest absolute Gasteiger partial charge is 0.507 e. The summed E-state index contributed by atoms with van der Waals surface area (Å²) in [5, 5.41) is 9.69. The molecule has 0 bridgehead atoms. The molecule has 0 aliphatic rings. The Morgan fingerprint density at radius 2 is 1.89 bits per heavy atom. The zero-order valence-corrected chi connectivity index (χ0v) is 9.38. The van der Waals surface area contributed by atoms with Crippen LogP contribution in [0.5, 0.6) is 5.75 Å². The van der Waals surface area contributed by atoms with Gasteiger partial charge in [-0.1, -0.05) is 6.07 Å². The number of aldehydes is 1. The van der Waals surface area contributed by atoms with E-state index in [1.807, 2.05) is 0 Å². The Morgan fingerprint density at radius 1 is 1.22 bits per heavy atom. The fraction of sp³-hybridized carbons (Fsp3) is 0.154. The summed E-state index contributed by atoms with van der Waals surface area (Å²) >= 11 is 0. The highest BCUT2D eigenvalue weighted by atomic mass is 19.4. The molecule has 0 saturated heterocycles. The molecule has 0 heterocycles. The lowest BCUT2D eigenvalue weighted by molar-refractivity contribution is -0.136. The Hall–Kier alpha value is -2.04. The predicted molar refractivity (Wildman–Crippen MR) is 60.7 cm³/mol. The van der Waals surface area contributed by atoms with Crippen LogP contribution in [0, 0.1) is 6.92 Å². The van der Waals surface area contributed by atoms with Gasteiger partial charge >= 0.3 is 6.18 Å². The lowest BCUT2D eigenvalue weighted by atomic mass is 9.97. The van der Waals surface area contributed by atoms with Crippen molar-refractivity contribution in [2.75, 3.05) is 0 Å². The van der Waals surface area contributed by atoms with Gasteiger partial charge in [0.25, 0.3) is 0 Å². The third kappa shape index (κ3) is 1.92. The zero-order valence-electron chi connectivity index (χ0n) is 9.38. The van der Waals surface area contributed by atoms with Gasteiger partial charge in [0.2, 0.25) is 0 Å². The van der Waals surface area contributed by atoms with Crippen molar-refractivity contribution in [2.24, 2.45) is 0 Å². The number of carbonyl (C=O) groups excluding carboxylic acids is 1. The first-order valence-electron chi connectivity index (χ1n) is 5.13. The maximum absolute atomic E-state index is 12.8. The van der Waals surface area contributed by atoms with Crippen molar-refractivity contribution < 1.29 is 23.1 Å². The van der Waals surface area contributed by atoms with Crippen LogP contribution in [0.1, 0.15) is 21.5 Å². The van der Waals surface area contributed by atoms with Crippen LogP contribution in [-0.4, -0.2) is 11.4 Å². The molecule has 0 saturated carbocycles. The van der Waals surface area contributed by atoms with Gasteiger partial charge in [0.1, 0.15) is 12.0 Å². The summed E-state index contributed by atoms with van der Waals surface area (Å²) in [7, 11) is 0. The van der Waals surface area contributed by atoms with E-state index in [4.69, 9.17) is 0 Å². The first-order valence-corrected chi connectivity index (χ1v) is 5.13. The van der Waals surface area contributed by atoms with Gasteiger partial charge < -0.3 is 5.11 Å². The van der Waals surface area contributed by atoms with Gasteiger partial charge in [0.15, 0.2) is 0 Å². The smallest absolute Gasteiger partial charge is 0.417 e. The minimum Gasteiger partial charge on any atom is -0.507 e. The second-order valence-electron chi connectivity index (χ2n) is 4.01. The number of phenols is 1. The summed E-state index contributed by atoms with van der Waals surface area (Å²) in [5.74, 6) is -0.321. The summed E-state index contributed by atoms with van der Waals surface area (Å²) in [6.07, 6.45) is -4.12. The fourth-order valence-electron chi connectivity index (χ4n) is 1.97. The van der Waals surface area contributed by atoms with E-state index in [-0.39, 0.29) is 22.1 Å². The quantitative estimate of drug-likeness (QED) is 0.788. The highest BCUT2D eigenvalue weighted by Crippen LogP contribution is 2.39. The fourth-order valence-corrected chi connectivity index (χ4v) is 1.97. The van der Waals surface area contributed by atoms with E-state index in [1.54, 1.807) is 6.92 Å². The van der Waals surface area contributed by atoms with Gasteiger partial charge in [-0.25, -0.2) is 0 Å². The van der Waals surface area contributed by atoms with Gasteiger partial charge in [0, 0.05) is 10.9 Å². The van der Waals surface area contributed by atoms with E-state index in [0.29, 0.717) is 11.8 Å². The normalized spacial score (nSPS) is 11.8. The average Bonchev–Trinajstić information content (AvgIpc) is 2.26. The first-order chi connectivity index (χ1) is 8.34. The van der Waals surface area contributed by atoms with Crippen LogP contribution in [0.15, 0.2) is 24.3 Å². The van der Waals surface area contributed by atoms with Gasteiger partial charge in [-0.3, -0.25) is 4.79 Å². The van der Waals surface area contributed by atoms with Crippen molar-refractivity contribution in [1.29, 1.82) is 0 Å². The zero-order chi connectivity index (χ0) is 13.5. The number of phenolic OH excluding ortho intramolecular Hbond substituents is 1. The van der Waals surface area contributed by atoms with Crippen LogP contribution in [-0.2, 0) is 6.18 Å². The van der Waals surface area contributed by atoms with E-state index in [9.17, 15) is 23.1 Å². The molecule has 0 atom stereocenters. The molecule has 0 radical (unpaired) electrons. The average molecular weight is 254 g/mol. The summed E-state index contributed by atoms with van der Waals surface area (Å²) in [4.78, 5) is 10.7. The van der Waals surface area contributed by atoms with E-state index in [1.165, 1.54) is 6.07 Å². The number of carbonyl (C=O) groups is 1. The molecule has 0 fully saturated rings. The first kappa shape index (κ1) is 12.4. The van der Waals surface area contributed by atoms with E-state index < -0.39 is 11.7 Å². The van der Waals surface area contributed by atoms with Gasteiger partial charge in [-0.05, 0) is 36.1 Å². The van der Waals surface area contributed by atoms with Gasteiger partial charge in [-0.15, -0.1) is 0 Å². The lowest BCUT2D eigenvalue weighted by Gasteiger charge is -2.13. The highest BCUT2D eigenvalue weighted by molar-refractivity contribution is 5.97. The summed E-state index contributed by atoms with van der Waals surface area (Å²) in [6, 6.07) is 4.54. The third-order valence-electron chi connectivity index (χ3n) is 2.77. The minimum atomic E-state index is -4.53. The van der Waals surface area contributed by atoms with Crippen LogP contribution in [0.4, 0.5) is 13.2 Å². The Kier molecular flexibility index (Phi) is 2.77. The summed E-state index contributed by atoms with van der Waals surface area (Å²) < 4.78 is 38.5. The monoisotopic (exact) mass is 254 g/mol. The lowest BCUT2D eigenvalue weighted by Crippen LogP contribution is -2.06. The van der Waals surface area contributed by atoms with Crippen LogP contribution in [0.25, 0.3) is 10.8 Å². The molecule has 18 heavy (non-hydrogen) atoms. The van der Waals surface area contributed by atoms with Crippen LogP contribution in [0.2, 0.25) is 0 Å². The molecule has 1 N–H and O–H groups in total. The number of rotatable bonds is 1. The molecule has 0 unspecified atom stereocenters. The molecular weight excluding hydrogens is 245 g/mol. The number of benzene rings is 2. The minimum absolute atomic E-state index is 0.0103. The topological polar surface area (TPSA) is 37.3 Å². The summed E-state index contributed by atoms with van der Waals surface area (Å²) in [6.45, 7) is 1.60. The van der Waals surface area contributed by atoms with Crippen LogP contribution in [0.3, 0.4) is 0 Å². The molecule has 2 aromatic rings. The molecule has 2 rings (SSSR count). The second kappa shape index (κ2) is 4.01. The number of fused-ring (bicyclic) bond motifs is 1. The molecule has 0 aliphatic carbocycles. The molecule has 0 aliphatic heterocycles. The highest BCUT2D eigenvalue weighted by Gasteiger charge is 2.33. The van der Waals surface area contributed by atoms with Crippen LogP contribution < -0.4 is 0 Å². The van der Waals surface area contributed by atoms with E-state index in [0.717, 1.165) is 18.2 Å². The molecule has 0 aromatic heterocycles. The Balaban J connectivity index is 2.95. The van der Waals surface area contributed by atoms with Crippen molar-refractivity contribution in [1.82, 2.24) is 0 Å². The molecule has 0 amide bonds. The maximum Gasteiger partial charge on any atom is 0.417 e. The van der Waals surface area contributed by atoms with Crippen molar-refractivity contribution in [3.05, 3.63) is 41.0 Å². The van der Waals surface area contributed by atoms with Crippen molar-refractivity contribution in [3.63, 3.8) is 0 Å². The summed E-state index contributed by atoms with van der Waals surface area (Å²) in [5.41, 5.74) is -0.328. The number of halogens is 3. The Bertz CT molecular complexity index is 630. The van der Waals surface area contributed by atoms with Crippen molar-refractivity contribution in [3.8, 4) is 5.75 Å². The third-order valence-corrected chi connectivity index (χ3v) is 2.77. The SMILES string of the molecule is Cc1ccc(C(F)(F)F)c2cc(C=O)cc(O)c12. The number of alkyl halides is 3. The van der Waals surface area contributed by atoms with E-state index in [2.05, 4.69) is 0 Å². The second-order valence-corrected chi connectivity index (χ2v) is 4.01. The number of hydrogen-bond acceptors (Lipinski definition) is 2. The standard InChI is InChI=1S/C13H9F3O2/c1-7-2-3-10(13(14,15)16)9-4-8(6-17)5-11(18)12(7)9/h2-6,18H,1H3. The van der Waals surface area contributed by atoms with Gasteiger partial charge in [0.05, 0.1) is 5.56 Å². The van der Waals surface area contributed by atoms with Crippen LogP contribution >= 0.6 is 0 Å². The predicted octanol–water partition coefficient (Wildman–Crippen LogP) is 3.69. The molecule has 2 nitrogen and oxygen atoms in total. The Morgan fingerprint density at radius 3 is 2.44 bits per heavy atom. The van der Waals surface area contributed by atoms with Gasteiger partial charge in [-0.2, -0.15) is 13.2 Å². The Labute approximate surface area is 101 Å². The number of aryl methyl sites for hydroxylation is 1. The van der Waals surface area contributed by atoms with Crippen molar-refractivity contribution >= 4 is 17.1 Å². The molecule has 2 aromatic carbocycles. The molecular formula is C13H9F3O2. The van der Waals surface area contributed by atoms with Crippen molar-refractivity contribution in [2.45, 2.75) is 13.1 Å². The number of hydrogen-bond donors (Lipinski definition) is 1.